The molecule has 1 aromatic carbocycles. The third kappa shape index (κ3) is 4.02. The van der Waals surface area contributed by atoms with E-state index in [9.17, 15) is 0 Å². The van der Waals surface area contributed by atoms with E-state index in [0.29, 0.717) is 22.6 Å². The predicted molar refractivity (Wildman–Crippen MR) is 88.1 cm³/mol. The van der Waals surface area contributed by atoms with Crippen LogP contribution in [0.4, 0.5) is 0 Å². The number of nitrogens with zero attached hydrogens (tertiary/aromatic N) is 3. The molecule has 6 nitrogen and oxygen atoms in total. The van der Waals surface area contributed by atoms with Crippen LogP contribution in [0.3, 0.4) is 0 Å². The van der Waals surface area contributed by atoms with Gasteiger partial charge in [0.2, 0.25) is 5.82 Å². The summed E-state index contributed by atoms with van der Waals surface area (Å²) in [7, 11) is 0. The van der Waals surface area contributed by atoms with E-state index in [-0.39, 0.29) is 6.10 Å². The van der Waals surface area contributed by atoms with Crippen LogP contribution in [0.5, 0.6) is 11.5 Å². The summed E-state index contributed by atoms with van der Waals surface area (Å²) >= 11 is 5.75. The number of hydrogen-bond donors (Lipinski definition) is 0. The summed E-state index contributed by atoms with van der Waals surface area (Å²) in [5, 5.41) is 4.37. The van der Waals surface area contributed by atoms with Crippen molar-refractivity contribution in [2.45, 2.75) is 26.1 Å². The highest BCUT2D eigenvalue weighted by molar-refractivity contribution is 6.29. The van der Waals surface area contributed by atoms with Crippen LogP contribution in [0, 0.1) is 0 Å². The van der Waals surface area contributed by atoms with Gasteiger partial charge in [-0.2, -0.15) is 4.98 Å². The molecule has 0 aliphatic carbocycles. The Bertz CT molecular complexity index is 777. The SMILES string of the molecule is CC(Oc1ccccc1)c1noc([C@H](C)Oc2ccc(Cl)nc2)n1. The average Bonchev–Trinajstić information content (AvgIpc) is 3.08. The van der Waals surface area contributed by atoms with Gasteiger partial charge >= 0.3 is 0 Å². The minimum absolute atomic E-state index is 0.339. The number of pyridine rings is 1. The quantitative estimate of drug-likeness (QED) is 0.617. The van der Waals surface area contributed by atoms with E-state index in [1.54, 1.807) is 12.1 Å². The average molecular weight is 346 g/mol. The zero-order chi connectivity index (χ0) is 16.9. The molecule has 2 aromatic heterocycles. The highest BCUT2D eigenvalue weighted by atomic mass is 35.5. The van der Waals surface area contributed by atoms with Crippen LogP contribution in [0.2, 0.25) is 5.15 Å². The van der Waals surface area contributed by atoms with Gasteiger partial charge in [0.1, 0.15) is 16.7 Å². The molecule has 2 heterocycles. The second-order valence-corrected chi connectivity index (χ2v) is 5.53. The molecule has 124 valence electrons. The molecule has 0 spiro atoms. The van der Waals surface area contributed by atoms with Crippen LogP contribution < -0.4 is 9.47 Å². The molecule has 24 heavy (non-hydrogen) atoms. The van der Waals surface area contributed by atoms with E-state index in [1.807, 2.05) is 44.2 Å². The standard InChI is InChI=1S/C17H16ClN3O3/c1-11(22-13-6-4-3-5-7-13)16-20-17(24-21-16)12(2)23-14-8-9-15(18)19-10-14/h3-12H,1-2H3/t11?,12-/m0/s1. The Morgan fingerprint density at radius 3 is 2.42 bits per heavy atom. The van der Waals surface area contributed by atoms with Crippen LogP contribution in [-0.2, 0) is 0 Å². The molecule has 3 rings (SSSR count). The van der Waals surface area contributed by atoms with E-state index in [1.165, 1.54) is 6.20 Å². The smallest absolute Gasteiger partial charge is 0.267 e. The minimum atomic E-state index is -0.418. The fraction of sp³-hybridized carbons (Fsp3) is 0.235. The Morgan fingerprint density at radius 1 is 0.958 bits per heavy atom. The summed E-state index contributed by atoms with van der Waals surface area (Å²) in [6.45, 7) is 3.67. The lowest BCUT2D eigenvalue weighted by Crippen LogP contribution is -2.07. The maximum Gasteiger partial charge on any atom is 0.267 e. The summed E-state index contributed by atoms with van der Waals surface area (Å²) in [4.78, 5) is 8.31. The number of halogens is 1. The normalized spacial score (nSPS) is 13.3. The van der Waals surface area contributed by atoms with Crippen LogP contribution in [0.15, 0.2) is 53.2 Å². The Hall–Kier alpha value is -2.60. The van der Waals surface area contributed by atoms with Gasteiger partial charge in [0.25, 0.3) is 5.89 Å². The predicted octanol–water partition coefficient (Wildman–Crippen LogP) is 4.40. The van der Waals surface area contributed by atoms with Gasteiger partial charge in [0, 0.05) is 0 Å². The number of aromatic nitrogens is 3. The third-order valence-corrected chi connectivity index (χ3v) is 3.46. The zero-order valence-electron chi connectivity index (χ0n) is 13.2. The van der Waals surface area contributed by atoms with Crippen LogP contribution in [-0.4, -0.2) is 15.1 Å². The Morgan fingerprint density at radius 2 is 1.71 bits per heavy atom. The summed E-state index contributed by atoms with van der Waals surface area (Å²) in [6, 6.07) is 12.9. The first-order chi connectivity index (χ1) is 11.6. The van der Waals surface area contributed by atoms with Crippen molar-refractivity contribution >= 4 is 11.6 Å². The fourth-order valence-electron chi connectivity index (χ4n) is 2.02. The Labute approximate surface area is 144 Å². The third-order valence-electron chi connectivity index (χ3n) is 3.24. The van der Waals surface area contributed by atoms with Gasteiger partial charge in [-0.25, -0.2) is 4.98 Å². The topological polar surface area (TPSA) is 70.3 Å². The molecule has 0 bridgehead atoms. The van der Waals surface area contributed by atoms with Crippen LogP contribution >= 0.6 is 11.6 Å². The zero-order valence-corrected chi connectivity index (χ0v) is 14.0. The molecule has 7 heteroatoms. The molecule has 0 saturated carbocycles. The molecule has 3 aromatic rings. The van der Waals surface area contributed by atoms with Crippen molar-refractivity contribution in [3.63, 3.8) is 0 Å². The van der Waals surface area contributed by atoms with Crippen molar-refractivity contribution in [1.29, 1.82) is 0 Å². The molecule has 2 atom stereocenters. The molecule has 0 fully saturated rings. The van der Waals surface area contributed by atoms with E-state index in [2.05, 4.69) is 15.1 Å². The maximum absolute atomic E-state index is 5.77. The monoisotopic (exact) mass is 345 g/mol. The van der Waals surface area contributed by atoms with Crippen molar-refractivity contribution in [1.82, 2.24) is 15.1 Å². The highest BCUT2D eigenvalue weighted by Gasteiger charge is 2.20. The van der Waals surface area contributed by atoms with E-state index in [0.717, 1.165) is 5.75 Å². The van der Waals surface area contributed by atoms with E-state index < -0.39 is 6.10 Å². The number of ether oxygens (including phenoxy) is 2. The van der Waals surface area contributed by atoms with Crippen LogP contribution in [0.25, 0.3) is 0 Å². The van der Waals surface area contributed by atoms with Gasteiger partial charge in [-0.05, 0) is 38.1 Å². The van der Waals surface area contributed by atoms with Gasteiger partial charge in [0.05, 0.1) is 6.20 Å². The van der Waals surface area contributed by atoms with Gasteiger partial charge < -0.3 is 14.0 Å². The van der Waals surface area contributed by atoms with Crippen molar-refractivity contribution in [2.75, 3.05) is 0 Å². The molecule has 1 unspecified atom stereocenters. The van der Waals surface area contributed by atoms with Crippen molar-refractivity contribution < 1.29 is 14.0 Å². The summed E-state index contributed by atoms with van der Waals surface area (Å²) in [5.41, 5.74) is 0. The second-order valence-electron chi connectivity index (χ2n) is 5.14. The largest absolute Gasteiger partial charge is 0.483 e. The lowest BCUT2D eigenvalue weighted by atomic mass is 10.3. The van der Waals surface area contributed by atoms with Gasteiger partial charge in [-0.15, -0.1) is 0 Å². The lowest BCUT2D eigenvalue weighted by molar-refractivity contribution is 0.174. The highest BCUT2D eigenvalue weighted by Crippen LogP contribution is 2.23. The molecule has 0 saturated heterocycles. The maximum atomic E-state index is 5.77. The summed E-state index contributed by atoms with van der Waals surface area (Å²) in [6.07, 6.45) is 0.782. The number of hydrogen-bond acceptors (Lipinski definition) is 6. The van der Waals surface area contributed by atoms with Crippen molar-refractivity contribution in [3.05, 3.63) is 65.5 Å². The number of para-hydroxylation sites is 1. The number of benzene rings is 1. The lowest BCUT2D eigenvalue weighted by Gasteiger charge is -2.11. The molecule has 0 aliphatic rings. The summed E-state index contributed by atoms with van der Waals surface area (Å²) in [5.74, 6) is 2.13. The fourth-order valence-corrected chi connectivity index (χ4v) is 2.13. The van der Waals surface area contributed by atoms with E-state index in [4.69, 9.17) is 25.6 Å². The van der Waals surface area contributed by atoms with Crippen molar-refractivity contribution in [3.8, 4) is 11.5 Å². The Balaban J connectivity index is 1.64. The van der Waals surface area contributed by atoms with E-state index >= 15 is 0 Å². The molecular weight excluding hydrogens is 330 g/mol. The Kier molecular flexibility index (Phi) is 4.96. The van der Waals surface area contributed by atoms with Crippen molar-refractivity contribution in [2.24, 2.45) is 0 Å². The summed E-state index contributed by atoms with van der Waals surface area (Å²) < 4.78 is 16.8. The minimum Gasteiger partial charge on any atom is -0.483 e. The molecule has 0 aliphatic heterocycles. The second kappa shape index (κ2) is 7.31. The van der Waals surface area contributed by atoms with Gasteiger partial charge in [-0.1, -0.05) is 35.0 Å². The molecule has 0 amide bonds. The number of rotatable bonds is 6. The first-order valence-corrected chi connectivity index (χ1v) is 7.83. The van der Waals surface area contributed by atoms with Gasteiger partial charge in [0.15, 0.2) is 12.2 Å². The van der Waals surface area contributed by atoms with Gasteiger partial charge in [-0.3, -0.25) is 0 Å². The molecule has 0 N–H and O–H groups in total. The molecule has 0 radical (unpaired) electrons. The first-order valence-electron chi connectivity index (χ1n) is 7.45. The molecular formula is C17H16ClN3O3. The first kappa shape index (κ1) is 16.3. The van der Waals surface area contributed by atoms with Crippen LogP contribution in [0.1, 0.15) is 37.8 Å².